The summed E-state index contributed by atoms with van der Waals surface area (Å²) >= 11 is 11.9. The first-order chi connectivity index (χ1) is 8.08. The summed E-state index contributed by atoms with van der Waals surface area (Å²) in [4.78, 5) is 11.0. The van der Waals surface area contributed by atoms with Crippen LogP contribution in [0.1, 0.15) is 12.0 Å². The molecule has 3 nitrogen and oxygen atoms in total. The van der Waals surface area contributed by atoms with Crippen molar-refractivity contribution < 1.29 is 9.90 Å². The lowest BCUT2D eigenvalue weighted by Gasteiger charge is -2.16. The summed E-state index contributed by atoms with van der Waals surface area (Å²) in [7, 11) is 0. The van der Waals surface area contributed by atoms with Gasteiger partial charge in [-0.05, 0) is 43.0 Å². The molecule has 0 amide bonds. The van der Waals surface area contributed by atoms with Gasteiger partial charge in [-0.1, -0.05) is 29.3 Å². The summed E-state index contributed by atoms with van der Waals surface area (Å²) in [5.41, 5.74) is 0.955. The van der Waals surface area contributed by atoms with E-state index >= 15 is 0 Å². The molecule has 1 fully saturated rings. The van der Waals surface area contributed by atoms with E-state index in [1.165, 1.54) is 0 Å². The molecule has 0 spiro atoms. The Morgan fingerprint density at radius 1 is 1.47 bits per heavy atom. The molecule has 0 aromatic heterocycles. The molecule has 0 saturated carbocycles. The van der Waals surface area contributed by atoms with E-state index in [1.807, 2.05) is 6.07 Å². The number of nitrogens with one attached hydrogen (secondary N) is 1. The Morgan fingerprint density at radius 2 is 2.24 bits per heavy atom. The molecule has 1 aliphatic rings. The molecule has 0 aliphatic carbocycles. The third-order valence-electron chi connectivity index (χ3n) is 3.11. The molecule has 2 rings (SSSR count). The highest BCUT2D eigenvalue weighted by atomic mass is 35.5. The second-order valence-corrected chi connectivity index (χ2v) is 5.10. The van der Waals surface area contributed by atoms with Crippen LogP contribution >= 0.6 is 23.2 Å². The van der Waals surface area contributed by atoms with Crippen LogP contribution in [-0.4, -0.2) is 23.7 Å². The minimum Gasteiger partial charge on any atom is -0.480 e. The zero-order valence-electron chi connectivity index (χ0n) is 9.12. The Balaban J connectivity index is 2.12. The van der Waals surface area contributed by atoms with E-state index in [-0.39, 0.29) is 5.92 Å². The molecule has 1 aromatic carbocycles. The quantitative estimate of drug-likeness (QED) is 0.890. The van der Waals surface area contributed by atoms with Crippen LogP contribution in [0.5, 0.6) is 0 Å². The summed E-state index contributed by atoms with van der Waals surface area (Å²) in [6, 6.07) is 4.86. The Hall–Kier alpha value is -0.770. The third-order valence-corrected chi connectivity index (χ3v) is 3.70. The molecule has 1 aliphatic heterocycles. The average Bonchev–Trinajstić information content (AvgIpc) is 2.70. The third kappa shape index (κ3) is 2.92. The van der Waals surface area contributed by atoms with Crippen LogP contribution < -0.4 is 5.32 Å². The van der Waals surface area contributed by atoms with Crippen molar-refractivity contribution in [3.8, 4) is 0 Å². The Kier molecular flexibility index (Phi) is 3.92. The van der Waals surface area contributed by atoms with Crippen LogP contribution in [0.3, 0.4) is 0 Å². The second kappa shape index (κ2) is 5.25. The first kappa shape index (κ1) is 12.7. The molecule has 2 N–H and O–H groups in total. The highest BCUT2D eigenvalue weighted by Gasteiger charge is 2.32. The van der Waals surface area contributed by atoms with Crippen molar-refractivity contribution in [2.24, 2.45) is 5.92 Å². The lowest BCUT2D eigenvalue weighted by Crippen LogP contribution is -2.36. The number of rotatable bonds is 3. The smallest absolute Gasteiger partial charge is 0.320 e. The number of halogens is 2. The summed E-state index contributed by atoms with van der Waals surface area (Å²) in [5, 5.41) is 13.2. The van der Waals surface area contributed by atoms with Crippen molar-refractivity contribution in [1.29, 1.82) is 0 Å². The first-order valence-electron chi connectivity index (χ1n) is 5.48. The van der Waals surface area contributed by atoms with Gasteiger partial charge in [0, 0.05) is 10.0 Å². The number of aliphatic carboxylic acids is 1. The minimum absolute atomic E-state index is 0.0891. The SMILES string of the molecule is O=C(O)[C@H]1NCCC1Cc1ccc(Cl)cc1Cl. The fourth-order valence-corrected chi connectivity index (χ4v) is 2.72. The summed E-state index contributed by atoms with van der Waals surface area (Å²) in [6.45, 7) is 0.743. The topological polar surface area (TPSA) is 49.3 Å². The number of hydrogen-bond acceptors (Lipinski definition) is 2. The van der Waals surface area contributed by atoms with Gasteiger partial charge in [0.2, 0.25) is 0 Å². The van der Waals surface area contributed by atoms with Gasteiger partial charge in [-0.25, -0.2) is 0 Å². The number of benzene rings is 1. The van der Waals surface area contributed by atoms with E-state index in [0.29, 0.717) is 16.5 Å². The number of carboxylic acid groups (broad SMARTS) is 1. The summed E-state index contributed by atoms with van der Waals surface area (Å²) < 4.78 is 0. The van der Waals surface area contributed by atoms with Gasteiger partial charge < -0.3 is 10.4 Å². The first-order valence-corrected chi connectivity index (χ1v) is 6.23. The predicted octanol–water partition coefficient (Wildman–Crippen LogP) is 2.60. The normalized spacial score (nSPS) is 23.9. The molecule has 0 bridgehead atoms. The van der Waals surface area contributed by atoms with Crippen LogP contribution in [-0.2, 0) is 11.2 Å². The zero-order chi connectivity index (χ0) is 12.4. The minimum atomic E-state index is -0.794. The lowest BCUT2D eigenvalue weighted by atomic mass is 9.92. The van der Waals surface area contributed by atoms with Gasteiger partial charge in [0.1, 0.15) is 6.04 Å². The predicted molar refractivity (Wildman–Crippen MR) is 67.7 cm³/mol. The zero-order valence-corrected chi connectivity index (χ0v) is 10.6. The van der Waals surface area contributed by atoms with Gasteiger partial charge in [-0.2, -0.15) is 0 Å². The largest absolute Gasteiger partial charge is 0.480 e. The van der Waals surface area contributed by atoms with E-state index in [1.54, 1.807) is 12.1 Å². The molecular formula is C12H13Cl2NO2. The summed E-state index contributed by atoms with van der Waals surface area (Å²) in [5.74, 6) is -0.705. The molecule has 0 radical (unpaired) electrons. The Labute approximate surface area is 110 Å². The van der Waals surface area contributed by atoms with Crippen molar-refractivity contribution in [1.82, 2.24) is 5.32 Å². The van der Waals surface area contributed by atoms with Crippen molar-refractivity contribution in [3.63, 3.8) is 0 Å². The highest BCUT2D eigenvalue weighted by Crippen LogP contribution is 2.27. The maximum Gasteiger partial charge on any atom is 0.320 e. The van der Waals surface area contributed by atoms with Gasteiger partial charge in [0.05, 0.1) is 0 Å². The molecule has 1 aromatic rings. The van der Waals surface area contributed by atoms with Gasteiger partial charge in [0.25, 0.3) is 0 Å². The molecule has 92 valence electrons. The van der Waals surface area contributed by atoms with Crippen LogP contribution in [0.4, 0.5) is 0 Å². The highest BCUT2D eigenvalue weighted by molar-refractivity contribution is 6.35. The van der Waals surface area contributed by atoms with E-state index in [4.69, 9.17) is 28.3 Å². The molecule has 2 atom stereocenters. The van der Waals surface area contributed by atoms with Crippen molar-refractivity contribution in [3.05, 3.63) is 33.8 Å². The van der Waals surface area contributed by atoms with Crippen LogP contribution in [0.25, 0.3) is 0 Å². The second-order valence-electron chi connectivity index (χ2n) is 4.26. The molecule has 1 saturated heterocycles. The van der Waals surface area contributed by atoms with Gasteiger partial charge in [0.15, 0.2) is 0 Å². The molecule has 1 unspecified atom stereocenters. The maximum absolute atomic E-state index is 11.0. The van der Waals surface area contributed by atoms with Crippen molar-refractivity contribution in [2.45, 2.75) is 18.9 Å². The van der Waals surface area contributed by atoms with Gasteiger partial charge >= 0.3 is 5.97 Å². The van der Waals surface area contributed by atoms with Gasteiger partial charge in [-0.3, -0.25) is 4.79 Å². The van der Waals surface area contributed by atoms with Crippen LogP contribution in [0.2, 0.25) is 10.0 Å². The summed E-state index contributed by atoms with van der Waals surface area (Å²) in [6.07, 6.45) is 1.52. The number of hydrogen-bond donors (Lipinski definition) is 2. The van der Waals surface area contributed by atoms with Crippen LogP contribution in [0, 0.1) is 5.92 Å². The van der Waals surface area contributed by atoms with Crippen molar-refractivity contribution in [2.75, 3.05) is 6.54 Å². The Bertz CT molecular complexity index is 437. The van der Waals surface area contributed by atoms with Crippen LogP contribution in [0.15, 0.2) is 18.2 Å². The molecular weight excluding hydrogens is 261 g/mol. The Morgan fingerprint density at radius 3 is 2.88 bits per heavy atom. The average molecular weight is 274 g/mol. The maximum atomic E-state index is 11.0. The monoisotopic (exact) mass is 273 g/mol. The van der Waals surface area contributed by atoms with E-state index in [9.17, 15) is 4.79 Å². The fourth-order valence-electron chi connectivity index (χ4n) is 2.24. The van der Waals surface area contributed by atoms with Gasteiger partial charge in [-0.15, -0.1) is 0 Å². The number of carbonyl (C=O) groups is 1. The molecule has 17 heavy (non-hydrogen) atoms. The molecule has 5 heteroatoms. The van der Waals surface area contributed by atoms with E-state index in [2.05, 4.69) is 5.32 Å². The van der Waals surface area contributed by atoms with E-state index in [0.717, 1.165) is 18.5 Å². The lowest BCUT2D eigenvalue weighted by molar-refractivity contribution is -0.140. The fraction of sp³-hybridized carbons (Fsp3) is 0.417. The number of carboxylic acids is 1. The van der Waals surface area contributed by atoms with Crippen molar-refractivity contribution >= 4 is 29.2 Å². The van der Waals surface area contributed by atoms with E-state index < -0.39 is 12.0 Å². The standard InChI is InChI=1S/C12H13Cl2NO2/c13-9-2-1-7(10(14)6-9)5-8-3-4-15-11(8)12(16)17/h1-2,6,8,11,15H,3-5H2,(H,16,17)/t8?,11-/m0/s1. The molecule has 1 heterocycles.